The molecule has 4 rings (SSSR count). The van der Waals surface area contributed by atoms with Crippen molar-refractivity contribution in [2.45, 2.75) is 83.5 Å². The number of aliphatic hydroxyl groups is 2. The molecule has 0 amide bonds. The van der Waals surface area contributed by atoms with Crippen LogP contribution in [-0.2, 0) is 15.6 Å². The van der Waals surface area contributed by atoms with Crippen LogP contribution in [0.3, 0.4) is 0 Å². The lowest BCUT2D eigenvalue weighted by Gasteiger charge is -2.42. The molecular weight excluding hydrogens is 450 g/mol. The number of ether oxygens (including phenoxy) is 1. The van der Waals surface area contributed by atoms with Crippen molar-refractivity contribution in [3.8, 4) is 0 Å². The second kappa shape index (κ2) is 11.7. The molecule has 0 saturated carbocycles. The second-order valence-corrected chi connectivity index (χ2v) is 12.0. The fraction of sp³-hybridized carbons (Fsp3) is 0.700. The first-order chi connectivity index (χ1) is 17.2. The highest BCUT2D eigenvalue weighted by Crippen LogP contribution is 2.46. The van der Waals surface area contributed by atoms with Crippen LogP contribution in [0.4, 0.5) is 0 Å². The number of piperazine rings is 1. The normalized spacial score (nSPS) is 21.8. The zero-order valence-corrected chi connectivity index (χ0v) is 23.0. The molecule has 1 aliphatic carbocycles. The molecule has 2 heterocycles. The zero-order chi connectivity index (χ0) is 25.8. The average Bonchev–Trinajstić information content (AvgIpc) is 2.88. The van der Waals surface area contributed by atoms with E-state index in [1.807, 2.05) is 0 Å². The maximum absolute atomic E-state index is 9.40. The van der Waals surface area contributed by atoms with Gasteiger partial charge in [-0.05, 0) is 66.7 Å². The van der Waals surface area contributed by atoms with E-state index in [0.29, 0.717) is 13.2 Å². The van der Waals surface area contributed by atoms with E-state index in [-0.39, 0.29) is 17.4 Å². The Morgan fingerprint density at radius 1 is 0.861 bits per heavy atom. The van der Waals surface area contributed by atoms with Crippen LogP contribution in [0.2, 0.25) is 0 Å². The SMILES string of the molecule is CC1(C)CCC(C)(C)c2cc(C3=C(OCCO)CCC(N4CCN(CCCCCO)CC4)=N3)ccc21. The van der Waals surface area contributed by atoms with E-state index >= 15 is 0 Å². The number of allylic oxidation sites excluding steroid dienone is 1. The molecule has 2 aliphatic heterocycles. The minimum atomic E-state index is 0.0129. The fourth-order valence-corrected chi connectivity index (χ4v) is 5.94. The van der Waals surface area contributed by atoms with Crippen molar-refractivity contribution in [2.75, 3.05) is 52.5 Å². The van der Waals surface area contributed by atoms with E-state index in [2.05, 4.69) is 55.7 Å². The Labute approximate surface area is 218 Å². The van der Waals surface area contributed by atoms with Gasteiger partial charge in [0.25, 0.3) is 0 Å². The number of aliphatic hydroxyl groups excluding tert-OH is 2. The molecule has 2 N–H and O–H groups in total. The van der Waals surface area contributed by atoms with Gasteiger partial charge in [-0.2, -0.15) is 0 Å². The third-order valence-corrected chi connectivity index (χ3v) is 8.44. The highest BCUT2D eigenvalue weighted by Gasteiger charge is 2.37. The van der Waals surface area contributed by atoms with E-state index in [4.69, 9.17) is 14.8 Å². The number of aliphatic imine (C=N–C) groups is 1. The van der Waals surface area contributed by atoms with E-state index in [1.165, 1.54) is 29.8 Å². The molecule has 0 unspecified atom stereocenters. The fourth-order valence-electron chi connectivity index (χ4n) is 5.94. The van der Waals surface area contributed by atoms with E-state index in [0.717, 1.165) is 81.8 Å². The van der Waals surface area contributed by atoms with Crippen LogP contribution in [0.5, 0.6) is 0 Å². The van der Waals surface area contributed by atoms with Crippen molar-refractivity contribution in [1.29, 1.82) is 0 Å². The van der Waals surface area contributed by atoms with Crippen LogP contribution < -0.4 is 0 Å². The van der Waals surface area contributed by atoms with Crippen molar-refractivity contribution in [3.63, 3.8) is 0 Å². The highest BCUT2D eigenvalue weighted by molar-refractivity contribution is 5.91. The molecule has 6 nitrogen and oxygen atoms in total. The summed E-state index contributed by atoms with van der Waals surface area (Å²) in [7, 11) is 0. The summed E-state index contributed by atoms with van der Waals surface area (Å²) in [4.78, 5) is 10.2. The quantitative estimate of drug-likeness (QED) is 0.485. The lowest BCUT2D eigenvalue weighted by atomic mass is 9.63. The van der Waals surface area contributed by atoms with E-state index in [9.17, 15) is 5.11 Å². The standard InChI is InChI=1S/C30H47N3O3/c1-29(2)12-13-30(3,4)25-22-23(8-9-24(25)29)28-26(36-21-20-35)10-11-27(31-28)33-17-15-32(16-18-33)14-6-5-7-19-34/h8-9,22,34-35H,5-7,10-21H2,1-4H3. The molecule has 0 radical (unpaired) electrons. The van der Waals surface area contributed by atoms with Crippen LogP contribution in [0.1, 0.15) is 89.3 Å². The number of hydrogen-bond donors (Lipinski definition) is 2. The third kappa shape index (κ3) is 6.15. The summed E-state index contributed by atoms with van der Waals surface area (Å²) < 4.78 is 6.03. The first-order valence-corrected chi connectivity index (χ1v) is 14.0. The first kappa shape index (κ1) is 27.2. The maximum atomic E-state index is 9.40. The molecule has 1 saturated heterocycles. The molecule has 0 spiro atoms. The van der Waals surface area contributed by atoms with Gasteiger partial charge in [-0.1, -0.05) is 39.8 Å². The monoisotopic (exact) mass is 497 g/mol. The molecule has 1 aromatic carbocycles. The summed E-state index contributed by atoms with van der Waals surface area (Å²) in [5.41, 5.74) is 5.29. The Morgan fingerprint density at radius 3 is 2.28 bits per heavy atom. The van der Waals surface area contributed by atoms with Crippen molar-refractivity contribution in [3.05, 3.63) is 40.6 Å². The average molecular weight is 498 g/mol. The van der Waals surface area contributed by atoms with Crippen LogP contribution in [0, 0.1) is 0 Å². The van der Waals surface area contributed by atoms with Gasteiger partial charge in [0, 0.05) is 51.2 Å². The van der Waals surface area contributed by atoms with Crippen molar-refractivity contribution < 1.29 is 14.9 Å². The molecule has 1 aromatic rings. The van der Waals surface area contributed by atoms with E-state index in [1.54, 1.807) is 0 Å². The molecule has 3 aliphatic rings. The number of hydrogen-bond acceptors (Lipinski definition) is 6. The minimum absolute atomic E-state index is 0.0129. The maximum Gasteiger partial charge on any atom is 0.123 e. The van der Waals surface area contributed by atoms with Crippen LogP contribution in [-0.4, -0.2) is 78.4 Å². The number of nitrogens with zero attached hydrogens (tertiary/aromatic N) is 3. The number of fused-ring (bicyclic) bond motifs is 1. The van der Waals surface area contributed by atoms with Crippen LogP contribution in [0.25, 0.3) is 5.70 Å². The topological polar surface area (TPSA) is 68.5 Å². The zero-order valence-electron chi connectivity index (χ0n) is 23.0. The molecule has 0 atom stereocenters. The third-order valence-electron chi connectivity index (χ3n) is 8.44. The molecular formula is C30H47N3O3. The van der Waals surface area contributed by atoms with Crippen molar-refractivity contribution in [2.24, 2.45) is 4.99 Å². The van der Waals surface area contributed by atoms with Gasteiger partial charge in [0.15, 0.2) is 0 Å². The molecule has 0 bridgehead atoms. The Balaban J connectivity index is 1.56. The summed E-state index contributed by atoms with van der Waals surface area (Å²) in [6.45, 7) is 15.3. The van der Waals surface area contributed by atoms with Gasteiger partial charge in [-0.15, -0.1) is 0 Å². The molecule has 1 fully saturated rings. The Morgan fingerprint density at radius 2 is 1.58 bits per heavy atom. The highest BCUT2D eigenvalue weighted by atomic mass is 16.5. The van der Waals surface area contributed by atoms with Gasteiger partial charge in [0.05, 0.1) is 6.61 Å². The number of amidine groups is 1. The first-order valence-electron chi connectivity index (χ1n) is 14.0. The molecule has 0 aromatic heterocycles. The van der Waals surface area contributed by atoms with Gasteiger partial charge >= 0.3 is 0 Å². The van der Waals surface area contributed by atoms with E-state index < -0.39 is 0 Å². The Kier molecular flexibility index (Phi) is 8.79. The van der Waals surface area contributed by atoms with Gasteiger partial charge in [-0.3, -0.25) is 4.90 Å². The lowest BCUT2D eigenvalue weighted by molar-refractivity contribution is 0.139. The van der Waals surface area contributed by atoms with Crippen molar-refractivity contribution in [1.82, 2.24) is 9.80 Å². The smallest absolute Gasteiger partial charge is 0.123 e. The molecule has 200 valence electrons. The number of benzene rings is 1. The summed E-state index contributed by atoms with van der Waals surface area (Å²) in [6.07, 6.45) is 7.25. The van der Waals surface area contributed by atoms with Gasteiger partial charge in [0.2, 0.25) is 0 Å². The lowest BCUT2D eigenvalue weighted by Crippen LogP contribution is -2.49. The predicted octanol–water partition coefficient (Wildman–Crippen LogP) is 4.69. The van der Waals surface area contributed by atoms with Gasteiger partial charge in [0.1, 0.15) is 23.9 Å². The predicted molar refractivity (Wildman–Crippen MR) is 147 cm³/mol. The largest absolute Gasteiger partial charge is 0.493 e. The molecule has 6 heteroatoms. The summed E-state index contributed by atoms with van der Waals surface area (Å²) in [5.74, 6) is 2.07. The molecule has 36 heavy (non-hydrogen) atoms. The Bertz CT molecular complexity index is 958. The summed E-state index contributed by atoms with van der Waals surface area (Å²) >= 11 is 0. The van der Waals surface area contributed by atoms with Gasteiger partial charge < -0.3 is 19.8 Å². The van der Waals surface area contributed by atoms with Crippen LogP contribution >= 0.6 is 0 Å². The summed E-state index contributed by atoms with van der Waals surface area (Å²) in [5, 5.41) is 18.4. The number of unbranched alkanes of at least 4 members (excludes halogenated alkanes) is 2. The Hall–Kier alpha value is -1.89. The summed E-state index contributed by atoms with van der Waals surface area (Å²) in [6, 6.07) is 6.92. The van der Waals surface area contributed by atoms with Crippen LogP contribution in [0.15, 0.2) is 29.0 Å². The second-order valence-electron chi connectivity index (χ2n) is 12.0. The number of rotatable bonds is 9. The minimum Gasteiger partial charge on any atom is -0.493 e. The van der Waals surface area contributed by atoms with Crippen molar-refractivity contribution >= 4 is 11.5 Å². The van der Waals surface area contributed by atoms with Gasteiger partial charge in [-0.25, -0.2) is 4.99 Å².